The van der Waals surface area contributed by atoms with Crippen LogP contribution in [0.4, 0.5) is 11.4 Å². The van der Waals surface area contributed by atoms with E-state index in [2.05, 4.69) is 28.1 Å². The van der Waals surface area contributed by atoms with Gasteiger partial charge in [0.25, 0.3) is 5.91 Å². The number of aryl methyl sites for hydroxylation is 3. The van der Waals surface area contributed by atoms with Crippen molar-refractivity contribution in [2.75, 3.05) is 24.5 Å². The molecule has 0 aromatic heterocycles. The second-order valence-electron chi connectivity index (χ2n) is 10.6. The number of carbonyl (C=O) groups is 1. The lowest BCUT2D eigenvalue weighted by Crippen LogP contribution is -2.34. The largest absolute Gasteiger partial charge is 0.508 e. The summed E-state index contributed by atoms with van der Waals surface area (Å²) in [6.07, 6.45) is 8.69. The maximum Gasteiger partial charge on any atom is 0.305 e. The smallest absolute Gasteiger partial charge is 0.305 e. The summed E-state index contributed by atoms with van der Waals surface area (Å²) in [5.41, 5.74) is 7.10. The van der Waals surface area contributed by atoms with Gasteiger partial charge in [-0.3, -0.25) is 9.69 Å². The number of nitrogens with zero attached hydrogens (tertiary/aromatic N) is 4. The number of rotatable bonds is 7. The van der Waals surface area contributed by atoms with E-state index < -0.39 is 0 Å². The maximum absolute atomic E-state index is 13.6. The number of hydrogen-bond donors (Lipinski definition) is 1. The number of aromatic hydroxyl groups is 1. The number of para-hydroxylation sites is 1. The van der Waals surface area contributed by atoms with Crippen molar-refractivity contribution >= 4 is 29.4 Å². The number of amidine groups is 1. The minimum Gasteiger partial charge on any atom is -0.508 e. The molecule has 1 saturated heterocycles. The first-order chi connectivity index (χ1) is 19.6. The van der Waals surface area contributed by atoms with Gasteiger partial charge in [-0.2, -0.15) is 10.3 Å². The van der Waals surface area contributed by atoms with Gasteiger partial charge >= 0.3 is 6.02 Å². The van der Waals surface area contributed by atoms with Crippen LogP contribution in [0.3, 0.4) is 0 Å². The predicted octanol–water partition coefficient (Wildman–Crippen LogP) is 5.87. The molecule has 1 amide bonds. The quantitative estimate of drug-likeness (QED) is 0.304. The van der Waals surface area contributed by atoms with Crippen LogP contribution in [0.2, 0.25) is 0 Å². The number of hydrogen-bond acceptors (Lipinski definition) is 6. The lowest BCUT2D eigenvalue weighted by Gasteiger charge is -2.37. The molecule has 202 valence electrons. The summed E-state index contributed by atoms with van der Waals surface area (Å²) in [4.78, 5) is 22.3. The van der Waals surface area contributed by atoms with Crippen LogP contribution in [-0.4, -0.2) is 41.6 Å². The van der Waals surface area contributed by atoms with E-state index in [-0.39, 0.29) is 23.4 Å². The summed E-state index contributed by atoms with van der Waals surface area (Å²) in [5, 5.41) is 19.1. The summed E-state index contributed by atoms with van der Waals surface area (Å²) < 4.78 is 6.11. The molecule has 0 aliphatic carbocycles. The van der Waals surface area contributed by atoms with Crippen molar-refractivity contribution in [3.05, 3.63) is 94.2 Å². The summed E-state index contributed by atoms with van der Waals surface area (Å²) in [7, 11) is 0. The molecule has 0 spiro atoms. The monoisotopic (exact) mass is 532 g/mol. The van der Waals surface area contributed by atoms with Crippen LogP contribution in [-0.2, 0) is 28.8 Å². The zero-order valence-electron chi connectivity index (χ0n) is 22.5. The Labute approximate surface area is 234 Å². The number of nitriles is 1. The third-order valence-corrected chi connectivity index (χ3v) is 7.81. The van der Waals surface area contributed by atoms with Gasteiger partial charge in [-0.15, -0.1) is 0 Å². The van der Waals surface area contributed by atoms with Gasteiger partial charge in [-0.25, -0.2) is 0 Å². The van der Waals surface area contributed by atoms with Crippen molar-refractivity contribution in [2.45, 2.75) is 44.9 Å². The van der Waals surface area contributed by atoms with Gasteiger partial charge < -0.3 is 14.7 Å². The van der Waals surface area contributed by atoms with Crippen molar-refractivity contribution in [1.82, 2.24) is 4.90 Å². The molecular weight excluding hydrogens is 500 g/mol. The second kappa shape index (κ2) is 11.3. The van der Waals surface area contributed by atoms with Gasteiger partial charge in [0.2, 0.25) is 0 Å². The summed E-state index contributed by atoms with van der Waals surface area (Å²) in [6, 6.07) is 21.0. The molecule has 3 aromatic carbocycles. The van der Waals surface area contributed by atoms with E-state index in [1.54, 1.807) is 35.2 Å². The minimum absolute atomic E-state index is 0.203. The average Bonchev–Trinajstić information content (AvgIpc) is 3.25. The van der Waals surface area contributed by atoms with Crippen LogP contribution < -0.4 is 4.90 Å². The number of phenols is 1. The first-order valence-electron chi connectivity index (χ1n) is 14.1. The zero-order valence-corrected chi connectivity index (χ0v) is 22.5. The number of aliphatic imine (C=N–C) groups is 1. The van der Waals surface area contributed by atoms with Crippen LogP contribution in [0.1, 0.15) is 53.5 Å². The van der Waals surface area contributed by atoms with Gasteiger partial charge in [0, 0.05) is 25.3 Å². The fourth-order valence-corrected chi connectivity index (χ4v) is 5.88. The molecule has 0 bridgehead atoms. The van der Waals surface area contributed by atoms with Gasteiger partial charge in [-0.1, -0.05) is 24.3 Å². The Morgan fingerprint density at radius 3 is 2.45 bits per heavy atom. The molecule has 3 heterocycles. The predicted molar refractivity (Wildman–Crippen MR) is 155 cm³/mol. The summed E-state index contributed by atoms with van der Waals surface area (Å²) in [5.74, 6) is 0.287. The first kappa shape index (κ1) is 25.7. The van der Waals surface area contributed by atoms with Gasteiger partial charge in [0.1, 0.15) is 11.8 Å². The molecule has 3 aliphatic heterocycles. The van der Waals surface area contributed by atoms with Crippen molar-refractivity contribution in [1.29, 1.82) is 5.26 Å². The van der Waals surface area contributed by atoms with Crippen LogP contribution >= 0.6 is 0 Å². The van der Waals surface area contributed by atoms with Crippen LogP contribution in [0.15, 0.2) is 71.4 Å². The third kappa shape index (κ3) is 5.30. The SMILES string of the molecule is N#Cc1ccccc1/N=C1\O/C(=C/c2cc3c4c(c2)CCCN4CCC3)C(=O)N1CCCCc1ccc(O)cc1. The van der Waals surface area contributed by atoms with E-state index in [9.17, 15) is 15.2 Å². The third-order valence-electron chi connectivity index (χ3n) is 7.81. The number of amides is 1. The number of anilines is 1. The molecule has 0 unspecified atom stereocenters. The number of benzene rings is 3. The molecule has 7 heteroatoms. The van der Waals surface area contributed by atoms with Crippen molar-refractivity contribution in [3.63, 3.8) is 0 Å². The lowest BCUT2D eigenvalue weighted by molar-refractivity contribution is -0.122. The molecule has 7 nitrogen and oxygen atoms in total. The highest BCUT2D eigenvalue weighted by atomic mass is 16.5. The van der Waals surface area contributed by atoms with E-state index in [4.69, 9.17) is 4.74 Å². The minimum atomic E-state index is -0.217. The number of phenolic OH excluding ortho intramolecular Hbond substituents is 1. The molecule has 1 fully saturated rings. The Bertz CT molecular complexity index is 1500. The zero-order chi connectivity index (χ0) is 27.5. The fraction of sp³-hybridized carbons (Fsp3) is 0.303. The van der Waals surface area contributed by atoms with Crippen molar-refractivity contribution in [3.8, 4) is 11.8 Å². The molecule has 0 saturated carbocycles. The van der Waals surface area contributed by atoms with E-state index in [0.717, 1.165) is 69.2 Å². The van der Waals surface area contributed by atoms with Crippen molar-refractivity contribution < 1.29 is 14.6 Å². The van der Waals surface area contributed by atoms with E-state index >= 15 is 0 Å². The Morgan fingerprint density at radius 1 is 1.00 bits per heavy atom. The molecule has 0 radical (unpaired) electrons. The molecular formula is C33H32N4O3. The summed E-state index contributed by atoms with van der Waals surface area (Å²) in [6.45, 7) is 2.69. The molecule has 6 rings (SSSR count). The number of carbonyl (C=O) groups excluding carboxylic acids is 1. The Kier molecular flexibility index (Phi) is 7.24. The lowest BCUT2D eigenvalue weighted by atomic mass is 9.90. The highest BCUT2D eigenvalue weighted by molar-refractivity contribution is 6.11. The van der Waals surface area contributed by atoms with Gasteiger partial charge in [-0.05, 0) is 110 Å². The Morgan fingerprint density at radius 2 is 1.73 bits per heavy atom. The summed E-state index contributed by atoms with van der Waals surface area (Å²) >= 11 is 0. The number of ether oxygens (including phenoxy) is 1. The molecule has 0 atom stereocenters. The highest BCUT2D eigenvalue weighted by Gasteiger charge is 2.35. The van der Waals surface area contributed by atoms with E-state index in [0.29, 0.717) is 17.8 Å². The molecule has 1 N–H and O–H groups in total. The molecule has 3 aliphatic rings. The van der Waals surface area contributed by atoms with Gasteiger partial charge in [0.05, 0.1) is 11.3 Å². The van der Waals surface area contributed by atoms with Crippen molar-refractivity contribution in [2.24, 2.45) is 4.99 Å². The van der Waals surface area contributed by atoms with E-state index in [1.165, 1.54) is 16.8 Å². The van der Waals surface area contributed by atoms with E-state index in [1.807, 2.05) is 24.3 Å². The molecule has 40 heavy (non-hydrogen) atoms. The highest BCUT2D eigenvalue weighted by Crippen LogP contribution is 2.37. The average molecular weight is 533 g/mol. The first-order valence-corrected chi connectivity index (χ1v) is 14.1. The van der Waals surface area contributed by atoms with Crippen LogP contribution in [0.25, 0.3) is 6.08 Å². The van der Waals surface area contributed by atoms with Gasteiger partial charge in [0.15, 0.2) is 5.76 Å². The fourth-order valence-electron chi connectivity index (χ4n) is 5.88. The standard InChI is InChI=1S/C33H32N4O3/c34-22-27-8-1-2-11-29(27)35-33-37(18-4-3-7-23-12-14-28(38)15-13-23)32(39)30(40-33)21-24-19-25-9-5-16-36-17-6-10-26(20-24)31(25)36/h1-2,8,11-15,19-21,38H,3-7,9-10,16-18H2/b30-21+,35-33-. The Balaban J connectivity index is 1.26. The normalized spacial score (nSPS) is 18.1. The van der Waals surface area contributed by atoms with Crippen LogP contribution in [0.5, 0.6) is 5.75 Å². The topological polar surface area (TPSA) is 89.2 Å². The Hall–Kier alpha value is -4.57. The maximum atomic E-state index is 13.6. The number of unbranched alkanes of at least 4 members (excludes halogenated alkanes) is 1. The second-order valence-corrected chi connectivity index (χ2v) is 10.6. The van der Waals surface area contributed by atoms with Crippen LogP contribution in [0, 0.1) is 11.3 Å². The molecule has 3 aromatic rings.